The number of nitrogens with zero attached hydrogens (tertiary/aromatic N) is 1. The first kappa shape index (κ1) is 15.4. The number of carbonyl (C=O) groups excluding carboxylic acids is 1. The lowest BCUT2D eigenvalue weighted by Gasteiger charge is -2.27. The van der Waals surface area contributed by atoms with E-state index in [9.17, 15) is 4.79 Å². The molecular formula is C13H27NO2. The second kappa shape index (κ2) is 6.89. The van der Waals surface area contributed by atoms with Crippen LogP contribution in [0.25, 0.3) is 0 Å². The van der Waals surface area contributed by atoms with Gasteiger partial charge in [-0.05, 0) is 11.3 Å². The van der Waals surface area contributed by atoms with Crippen molar-refractivity contribution < 1.29 is 9.53 Å². The molecule has 3 heteroatoms. The van der Waals surface area contributed by atoms with E-state index >= 15 is 0 Å². The summed E-state index contributed by atoms with van der Waals surface area (Å²) in [6.45, 7) is 12.7. The van der Waals surface area contributed by atoms with Crippen molar-refractivity contribution in [2.75, 3.05) is 26.8 Å². The summed E-state index contributed by atoms with van der Waals surface area (Å²) in [7, 11) is 1.67. The van der Waals surface area contributed by atoms with Crippen molar-refractivity contribution in [1.82, 2.24) is 4.90 Å². The summed E-state index contributed by atoms with van der Waals surface area (Å²) in [5.74, 6) is 0.735. The van der Waals surface area contributed by atoms with Gasteiger partial charge in [0, 0.05) is 26.6 Å². The molecular weight excluding hydrogens is 202 g/mol. The van der Waals surface area contributed by atoms with Crippen LogP contribution in [-0.2, 0) is 9.53 Å². The molecule has 0 aromatic carbocycles. The minimum atomic E-state index is 0.0549. The molecule has 0 radical (unpaired) electrons. The van der Waals surface area contributed by atoms with E-state index in [-0.39, 0.29) is 11.3 Å². The summed E-state index contributed by atoms with van der Waals surface area (Å²) in [5.41, 5.74) is 0.0549. The van der Waals surface area contributed by atoms with Crippen molar-refractivity contribution in [3.05, 3.63) is 0 Å². The smallest absolute Gasteiger partial charge is 0.223 e. The van der Waals surface area contributed by atoms with Gasteiger partial charge >= 0.3 is 0 Å². The van der Waals surface area contributed by atoms with Crippen LogP contribution in [0.2, 0.25) is 0 Å². The first-order chi connectivity index (χ1) is 7.26. The van der Waals surface area contributed by atoms with Crippen LogP contribution < -0.4 is 0 Å². The first-order valence-corrected chi connectivity index (χ1v) is 6.03. The monoisotopic (exact) mass is 229 g/mol. The number of methoxy groups -OCH3 is 1. The van der Waals surface area contributed by atoms with E-state index in [0.717, 1.165) is 6.54 Å². The fraction of sp³-hybridized carbons (Fsp3) is 0.923. The number of hydrogen-bond acceptors (Lipinski definition) is 2. The van der Waals surface area contributed by atoms with Gasteiger partial charge in [0.1, 0.15) is 0 Å². The van der Waals surface area contributed by atoms with Crippen molar-refractivity contribution >= 4 is 5.91 Å². The second-order valence-corrected chi connectivity index (χ2v) is 5.96. The largest absolute Gasteiger partial charge is 0.383 e. The molecule has 0 atom stereocenters. The molecule has 0 aliphatic heterocycles. The summed E-state index contributed by atoms with van der Waals surface area (Å²) in [5, 5.41) is 0. The Morgan fingerprint density at radius 2 is 1.88 bits per heavy atom. The number of hydrogen-bond donors (Lipinski definition) is 0. The lowest BCUT2D eigenvalue weighted by molar-refractivity contribution is -0.134. The van der Waals surface area contributed by atoms with Gasteiger partial charge in [0.25, 0.3) is 0 Å². The van der Waals surface area contributed by atoms with Crippen LogP contribution >= 0.6 is 0 Å². The third kappa shape index (κ3) is 7.69. The lowest BCUT2D eigenvalue weighted by Crippen LogP contribution is -2.38. The molecule has 0 aliphatic rings. The van der Waals surface area contributed by atoms with Crippen LogP contribution in [0.1, 0.15) is 41.0 Å². The molecule has 0 saturated carbocycles. The van der Waals surface area contributed by atoms with Gasteiger partial charge in [-0.15, -0.1) is 0 Å². The summed E-state index contributed by atoms with van der Waals surface area (Å²) in [6, 6.07) is 0. The minimum absolute atomic E-state index is 0.0549. The third-order valence-electron chi connectivity index (χ3n) is 2.19. The SMILES string of the molecule is COCCN(CC(C)C)C(=O)CC(C)(C)C. The Labute approximate surface area is 100 Å². The molecule has 0 unspecified atom stereocenters. The van der Waals surface area contributed by atoms with E-state index in [1.54, 1.807) is 7.11 Å². The maximum Gasteiger partial charge on any atom is 0.223 e. The van der Waals surface area contributed by atoms with Crippen LogP contribution in [0.3, 0.4) is 0 Å². The fourth-order valence-electron chi connectivity index (χ4n) is 1.53. The molecule has 0 heterocycles. The molecule has 16 heavy (non-hydrogen) atoms. The molecule has 0 N–H and O–H groups in total. The Morgan fingerprint density at radius 1 is 1.31 bits per heavy atom. The van der Waals surface area contributed by atoms with Crippen LogP contribution in [0.5, 0.6) is 0 Å². The number of ether oxygens (including phenoxy) is 1. The van der Waals surface area contributed by atoms with Crippen LogP contribution in [0.15, 0.2) is 0 Å². The highest BCUT2D eigenvalue weighted by Gasteiger charge is 2.21. The van der Waals surface area contributed by atoms with Gasteiger partial charge in [-0.25, -0.2) is 0 Å². The Balaban J connectivity index is 4.31. The molecule has 0 spiro atoms. The number of rotatable bonds is 6. The Bertz CT molecular complexity index is 206. The second-order valence-electron chi connectivity index (χ2n) is 5.96. The maximum absolute atomic E-state index is 12.1. The van der Waals surface area contributed by atoms with Crippen molar-refractivity contribution in [3.63, 3.8) is 0 Å². The average Bonchev–Trinajstić information content (AvgIpc) is 2.08. The molecule has 0 aromatic heterocycles. The normalized spacial score (nSPS) is 11.9. The summed E-state index contributed by atoms with van der Waals surface area (Å²) in [4.78, 5) is 14.0. The van der Waals surface area contributed by atoms with Crippen LogP contribution in [0, 0.1) is 11.3 Å². The Hall–Kier alpha value is -0.570. The van der Waals surface area contributed by atoms with E-state index in [1.165, 1.54) is 0 Å². The molecule has 0 saturated heterocycles. The highest BCUT2D eigenvalue weighted by Crippen LogP contribution is 2.20. The third-order valence-corrected chi connectivity index (χ3v) is 2.19. The zero-order valence-electron chi connectivity index (χ0n) is 11.7. The van der Waals surface area contributed by atoms with E-state index in [0.29, 0.717) is 25.5 Å². The van der Waals surface area contributed by atoms with E-state index in [2.05, 4.69) is 34.6 Å². The number of carbonyl (C=O) groups is 1. The van der Waals surface area contributed by atoms with Gasteiger partial charge in [-0.2, -0.15) is 0 Å². The predicted molar refractivity (Wildman–Crippen MR) is 67.4 cm³/mol. The van der Waals surface area contributed by atoms with Gasteiger partial charge in [-0.3, -0.25) is 4.79 Å². The topological polar surface area (TPSA) is 29.5 Å². The molecule has 1 amide bonds. The average molecular weight is 229 g/mol. The molecule has 0 aliphatic carbocycles. The maximum atomic E-state index is 12.1. The van der Waals surface area contributed by atoms with E-state index < -0.39 is 0 Å². The standard InChI is InChI=1S/C13H27NO2/c1-11(2)10-14(7-8-16-6)12(15)9-13(3,4)5/h11H,7-10H2,1-6H3. The summed E-state index contributed by atoms with van der Waals surface area (Å²) >= 11 is 0. The van der Waals surface area contributed by atoms with E-state index in [4.69, 9.17) is 4.74 Å². The summed E-state index contributed by atoms with van der Waals surface area (Å²) < 4.78 is 5.04. The predicted octanol–water partition coefficient (Wildman–Crippen LogP) is 2.55. The highest BCUT2D eigenvalue weighted by molar-refractivity contribution is 5.76. The first-order valence-electron chi connectivity index (χ1n) is 6.03. The molecule has 96 valence electrons. The molecule has 0 fully saturated rings. The van der Waals surface area contributed by atoms with E-state index in [1.807, 2.05) is 4.90 Å². The van der Waals surface area contributed by atoms with Gasteiger partial charge in [0.05, 0.1) is 6.61 Å². The van der Waals surface area contributed by atoms with Crippen LogP contribution in [0.4, 0.5) is 0 Å². The zero-order valence-corrected chi connectivity index (χ0v) is 11.7. The van der Waals surface area contributed by atoms with Gasteiger partial charge in [-0.1, -0.05) is 34.6 Å². The van der Waals surface area contributed by atoms with Crippen LogP contribution in [-0.4, -0.2) is 37.6 Å². The molecule has 0 bridgehead atoms. The zero-order chi connectivity index (χ0) is 12.8. The molecule has 0 aromatic rings. The van der Waals surface area contributed by atoms with Gasteiger partial charge < -0.3 is 9.64 Å². The van der Waals surface area contributed by atoms with Crippen molar-refractivity contribution in [2.45, 2.75) is 41.0 Å². The quantitative estimate of drug-likeness (QED) is 0.700. The summed E-state index contributed by atoms with van der Waals surface area (Å²) in [6.07, 6.45) is 0.601. The number of amides is 1. The molecule has 0 rings (SSSR count). The fourth-order valence-corrected chi connectivity index (χ4v) is 1.53. The Morgan fingerprint density at radius 3 is 2.25 bits per heavy atom. The highest BCUT2D eigenvalue weighted by atomic mass is 16.5. The van der Waals surface area contributed by atoms with Gasteiger partial charge in [0.2, 0.25) is 5.91 Å². The van der Waals surface area contributed by atoms with Crippen molar-refractivity contribution in [2.24, 2.45) is 11.3 Å². The lowest BCUT2D eigenvalue weighted by atomic mass is 9.91. The molecule has 3 nitrogen and oxygen atoms in total. The Kier molecular flexibility index (Phi) is 6.65. The minimum Gasteiger partial charge on any atom is -0.383 e. The van der Waals surface area contributed by atoms with Crippen molar-refractivity contribution in [1.29, 1.82) is 0 Å². The van der Waals surface area contributed by atoms with Gasteiger partial charge in [0.15, 0.2) is 0 Å². The van der Waals surface area contributed by atoms with Crippen molar-refractivity contribution in [3.8, 4) is 0 Å².